The molecule has 0 heterocycles. The average Bonchev–Trinajstić information content (AvgIpc) is 3.02. The van der Waals surface area contributed by atoms with Crippen LogP contribution >= 0.6 is 11.6 Å². The van der Waals surface area contributed by atoms with E-state index in [1.807, 2.05) is 0 Å². The van der Waals surface area contributed by atoms with Crippen LogP contribution in [0, 0.1) is 5.92 Å². The van der Waals surface area contributed by atoms with Crippen LogP contribution in [-0.2, 0) is 14.2 Å². The third kappa shape index (κ3) is 10.5. The summed E-state index contributed by atoms with van der Waals surface area (Å²) in [5, 5.41) is 0.354. The maximum atomic E-state index is 6.43. The van der Waals surface area contributed by atoms with Gasteiger partial charge in [-0.25, -0.2) is 0 Å². The molecular weight excluding hydrogens is 288 g/mol. The minimum Gasteiger partial charge on any atom is -0.379 e. The Balaban J connectivity index is 1.74. The van der Waals surface area contributed by atoms with Crippen LogP contribution in [-0.4, -0.2) is 45.0 Å². The van der Waals surface area contributed by atoms with Gasteiger partial charge in [-0.2, -0.15) is 0 Å². The predicted octanol–water partition coefficient (Wildman–Crippen LogP) is 4.41. The van der Waals surface area contributed by atoms with E-state index >= 15 is 0 Å². The molecule has 0 bridgehead atoms. The van der Waals surface area contributed by atoms with Gasteiger partial charge in [0.15, 0.2) is 0 Å². The Morgan fingerprint density at radius 1 is 0.857 bits per heavy atom. The molecule has 126 valence electrons. The fraction of sp³-hybridized carbons (Fsp3) is 1.00. The zero-order chi connectivity index (χ0) is 15.2. The highest BCUT2D eigenvalue weighted by molar-refractivity contribution is 6.20. The Morgan fingerprint density at radius 3 is 1.95 bits per heavy atom. The fourth-order valence-corrected chi connectivity index (χ4v) is 3.13. The van der Waals surface area contributed by atoms with E-state index in [2.05, 4.69) is 6.92 Å². The summed E-state index contributed by atoms with van der Waals surface area (Å²) in [4.78, 5) is 0. The Kier molecular flexibility index (Phi) is 12.6. The Bertz CT molecular complexity index is 220. The molecule has 1 unspecified atom stereocenters. The molecule has 1 aliphatic carbocycles. The third-order valence-electron chi connectivity index (χ3n) is 4.07. The molecule has 0 radical (unpaired) electrons. The SMILES string of the molecule is CCCCOCCOCCOCCCC(Cl)C1CCCC1. The van der Waals surface area contributed by atoms with E-state index < -0.39 is 0 Å². The van der Waals surface area contributed by atoms with Crippen molar-refractivity contribution in [2.24, 2.45) is 5.92 Å². The molecule has 1 aliphatic rings. The summed E-state index contributed by atoms with van der Waals surface area (Å²) in [5.41, 5.74) is 0. The van der Waals surface area contributed by atoms with Crippen molar-refractivity contribution >= 4 is 11.6 Å². The first kappa shape index (κ1) is 19.2. The lowest BCUT2D eigenvalue weighted by Gasteiger charge is -2.16. The molecule has 21 heavy (non-hydrogen) atoms. The van der Waals surface area contributed by atoms with Gasteiger partial charge in [-0.05, 0) is 38.0 Å². The van der Waals surface area contributed by atoms with Crippen molar-refractivity contribution in [1.82, 2.24) is 0 Å². The van der Waals surface area contributed by atoms with Crippen LogP contribution in [0.15, 0.2) is 0 Å². The molecule has 0 aromatic carbocycles. The standard InChI is InChI=1S/C17H33ClO3/c1-2-3-10-19-12-14-21-15-13-20-11-6-9-17(18)16-7-4-5-8-16/h16-17H,2-15H2,1H3. The van der Waals surface area contributed by atoms with Crippen molar-refractivity contribution < 1.29 is 14.2 Å². The second-order valence-corrected chi connectivity index (χ2v) is 6.45. The van der Waals surface area contributed by atoms with Crippen molar-refractivity contribution in [2.75, 3.05) is 39.6 Å². The molecule has 0 spiro atoms. The lowest BCUT2D eigenvalue weighted by atomic mass is 10.0. The normalized spacial score (nSPS) is 17.4. The van der Waals surface area contributed by atoms with Gasteiger partial charge in [0.2, 0.25) is 0 Å². The van der Waals surface area contributed by atoms with Gasteiger partial charge in [0.1, 0.15) is 0 Å². The molecule has 1 rings (SSSR count). The monoisotopic (exact) mass is 320 g/mol. The van der Waals surface area contributed by atoms with E-state index in [0.29, 0.717) is 31.8 Å². The summed E-state index contributed by atoms with van der Waals surface area (Å²) in [6.45, 7) is 6.49. The maximum Gasteiger partial charge on any atom is 0.0701 e. The van der Waals surface area contributed by atoms with Crippen molar-refractivity contribution in [3.05, 3.63) is 0 Å². The van der Waals surface area contributed by atoms with Crippen molar-refractivity contribution in [3.8, 4) is 0 Å². The minimum atomic E-state index is 0.354. The topological polar surface area (TPSA) is 27.7 Å². The van der Waals surface area contributed by atoms with Crippen molar-refractivity contribution in [3.63, 3.8) is 0 Å². The summed E-state index contributed by atoms with van der Waals surface area (Å²) in [7, 11) is 0. The van der Waals surface area contributed by atoms with Crippen LogP contribution in [0.5, 0.6) is 0 Å². The largest absolute Gasteiger partial charge is 0.379 e. The van der Waals surface area contributed by atoms with Gasteiger partial charge >= 0.3 is 0 Å². The van der Waals surface area contributed by atoms with Crippen LogP contribution in [0.1, 0.15) is 58.3 Å². The quantitative estimate of drug-likeness (QED) is 0.350. The summed E-state index contributed by atoms with van der Waals surface area (Å²) in [5.74, 6) is 0.753. The first-order chi connectivity index (χ1) is 10.3. The van der Waals surface area contributed by atoms with E-state index in [1.54, 1.807) is 0 Å². The van der Waals surface area contributed by atoms with Crippen molar-refractivity contribution in [2.45, 2.75) is 63.7 Å². The van der Waals surface area contributed by atoms with E-state index in [9.17, 15) is 0 Å². The van der Waals surface area contributed by atoms with Gasteiger partial charge in [-0.3, -0.25) is 0 Å². The van der Waals surface area contributed by atoms with Crippen LogP contribution in [0.3, 0.4) is 0 Å². The van der Waals surface area contributed by atoms with Crippen molar-refractivity contribution in [1.29, 1.82) is 0 Å². The van der Waals surface area contributed by atoms with Crippen LogP contribution in [0.4, 0.5) is 0 Å². The van der Waals surface area contributed by atoms with Gasteiger partial charge in [0.25, 0.3) is 0 Å². The van der Waals surface area contributed by atoms with E-state index in [1.165, 1.54) is 32.1 Å². The number of rotatable bonds is 14. The molecule has 4 heteroatoms. The molecule has 1 fully saturated rings. The Labute approximate surface area is 135 Å². The highest BCUT2D eigenvalue weighted by Gasteiger charge is 2.22. The lowest BCUT2D eigenvalue weighted by Crippen LogP contribution is -2.13. The summed E-state index contributed by atoms with van der Waals surface area (Å²) in [6, 6.07) is 0. The van der Waals surface area contributed by atoms with E-state index in [4.69, 9.17) is 25.8 Å². The average molecular weight is 321 g/mol. The Hall–Kier alpha value is 0.170. The van der Waals surface area contributed by atoms with Gasteiger partial charge in [0, 0.05) is 18.6 Å². The number of alkyl halides is 1. The second-order valence-electron chi connectivity index (χ2n) is 5.89. The second kappa shape index (κ2) is 13.8. The fourth-order valence-electron chi connectivity index (χ4n) is 2.72. The van der Waals surface area contributed by atoms with Crippen LogP contribution in [0.2, 0.25) is 0 Å². The molecule has 0 amide bonds. The molecule has 0 aromatic heterocycles. The van der Waals surface area contributed by atoms with E-state index in [0.717, 1.165) is 38.4 Å². The smallest absolute Gasteiger partial charge is 0.0701 e. The summed E-state index contributed by atoms with van der Waals surface area (Å²) < 4.78 is 16.4. The van der Waals surface area contributed by atoms with Gasteiger partial charge in [-0.15, -0.1) is 11.6 Å². The van der Waals surface area contributed by atoms with Gasteiger partial charge in [-0.1, -0.05) is 26.2 Å². The predicted molar refractivity (Wildman–Crippen MR) is 88.2 cm³/mol. The Morgan fingerprint density at radius 2 is 1.38 bits per heavy atom. The molecule has 0 N–H and O–H groups in total. The molecule has 3 nitrogen and oxygen atoms in total. The highest BCUT2D eigenvalue weighted by Crippen LogP contribution is 2.32. The highest BCUT2D eigenvalue weighted by atomic mass is 35.5. The van der Waals surface area contributed by atoms with Crippen LogP contribution in [0.25, 0.3) is 0 Å². The third-order valence-corrected chi connectivity index (χ3v) is 4.64. The zero-order valence-corrected chi connectivity index (χ0v) is 14.4. The van der Waals surface area contributed by atoms with Gasteiger partial charge < -0.3 is 14.2 Å². The van der Waals surface area contributed by atoms with Crippen LogP contribution < -0.4 is 0 Å². The number of ether oxygens (including phenoxy) is 3. The molecule has 1 saturated carbocycles. The molecule has 0 saturated heterocycles. The zero-order valence-electron chi connectivity index (χ0n) is 13.7. The first-order valence-corrected chi connectivity index (χ1v) is 9.15. The number of unbranched alkanes of at least 4 members (excludes halogenated alkanes) is 1. The molecule has 1 atom stereocenters. The molecular formula is C17H33ClO3. The number of hydrogen-bond acceptors (Lipinski definition) is 3. The molecule has 0 aromatic rings. The number of halogens is 1. The number of hydrogen-bond donors (Lipinski definition) is 0. The van der Waals surface area contributed by atoms with Gasteiger partial charge in [0.05, 0.1) is 26.4 Å². The van der Waals surface area contributed by atoms with E-state index in [-0.39, 0.29) is 0 Å². The maximum absolute atomic E-state index is 6.43. The first-order valence-electron chi connectivity index (χ1n) is 8.72. The summed E-state index contributed by atoms with van der Waals surface area (Å²) in [6.07, 6.45) is 9.83. The summed E-state index contributed by atoms with van der Waals surface area (Å²) >= 11 is 6.43. The minimum absolute atomic E-state index is 0.354. The lowest BCUT2D eigenvalue weighted by molar-refractivity contribution is 0.0133. The molecule has 0 aliphatic heterocycles.